The van der Waals surface area contributed by atoms with Gasteiger partial charge < -0.3 is 4.74 Å². The molecule has 0 aliphatic carbocycles. The van der Waals surface area contributed by atoms with Crippen LogP contribution in [0.3, 0.4) is 0 Å². The van der Waals surface area contributed by atoms with E-state index in [2.05, 4.69) is 4.74 Å². The molecule has 0 spiro atoms. The number of ether oxygens (including phenoxy) is 1. The Bertz CT molecular complexity index is 314. The SMILES string of the molecule is COC(=O)C(C)CS(=O)(=O)CC#N. The van der Waals surface area contributed by atoms with Crippen LogP contribution in [-0.2, 0) is 19.4 Å². The van der Waals surface area contributed by atoms with Crippen LogP contribution in [0.5, 0.6) is 0 Å². The van der Waals surface area contributed by atoms with Gasteiger partial charge in [0.1, 0.15) is 5.75 Å². The van der Waals surface area contributed by atoms with Crippen LogP contribution >= 0.6 is 0 Å². The maximum absolute atomic E-state index is 11.0. The molecule has 0 bridgehead atoms. The summed E-state index contributed by atoms with van der Waals surface area (Å²) in [6, 6.07) is 1.53. The smallest absolute Gasteiger partial charge is 0.309 e. The maximum Gasteiger partial charge on any atom is 0.309 e. The van der Waals surface area contributed by atoms with Gasteiger partial charge in [0.2, 0.25) is 0 Å². The Morgan fingerprint density at radius 2 is 2.15 bits per heavy atom. The first-order chi connectivity index (χ1) is 5.93. The highest BCUT2D eigenvalue weighted by Gasteiger charge is 2.21. The zero-order valence-electron chi connectivity index (χ0n) is 7.48. The average Bonchev–Trinajstić information content (AvgIpc) is 2.01. The minimum absolute atomic E-state index is 0.340. The molecular weight excluding hydrogens is 194 g/mol. The molecule has 1 unspecified atom stereocenters. The molecule has 0 saturated heterocycles. The van der Waals surface area contributed by atoms with Crippen LogP contribution < -0.4 is 0 Å². The van der Waals surface area contributed by atoms with Gasteiger partial charge in [0.15, 0.2) is 9.84 Å². The van der Waals surface area contributed by atoms with Gasteiger partial charge in [0.05, 0.1) is 24.8 Å². The highest BCUT2D eigenvalue weighted by molar-refractivity contribution is 7.91. The molecule has 1 atom stereocenters. The molecule has 0 heterocycles. The lowest BCUT2D eigenvalue weighted by Gasteiger charge is -2.07. The van der Waals surface area contributed by atoms with E-state index in [-0.39, 0.29) is 5.75 Å². The second-order valence-corrected chi connectivity index (χ2v) is 4.75. The molecule has 0 N–H and O–H groups in total. The fraction of sp³-hybridized carbons (Fsp3) is 0.714. The van der Waals surface area contributed by atoms with E-state index in [0.717, 1.165) is 0 Å². The summed E-state index contributed by atoms with van der Waals surface area (Å²) in [6.07, 6.45) is 0. The second-order valence-electron chi connectivity index (χ2n) is 2.64. The van der Waals surface area contributed by atoms with Crippen LogP contribution in [0.4, 0.5) is 0 Å². The van der Waals surface area contributed by atoms with E-state index in [9.17, 15) is 13.2 Å². The third-order valence-electron chi connectivity index (χ3n) is 1.39. The third kappa shape index (κ3) is 4.48. The molecular formula is C7H11NO4S. The van der Waals surface area contributed by atoms with Crippen molar-refractivity contribution in [1.82, 2.24) is 0 Å². The van der Waals surface area contributed by atoms with E-state index in [1.165, 1.54) is 20.1 Å². The van der Waals surface area contributed by atoms with Gasteiger partial charge in [0.25, 0.3) is 0 Å². The van der Waals surface area contributed by atoms with E-state index in [1.54, 1.807) is 0 Å². The normalized spacial score (nSPS) is 13.0. The van der Waals surface area contributed by atoms with Crippen molar-refractivity contribution in [3.8, 4) is 6.07 Å². The quantitative estimate of drug-likeness (QED) is 0.590. The van der Waals surface area contributed by atoms with Gasteiger partial charge >= 0.3 is 5.97 Å². The largest absolute Gasteiger partial charge is 0.469 e. The summed E-state index contributed by atoms with van der Waals surface area (Å²) in [4.78, 5) is 10.8. The number of nitrogens with zero attached hydrogens (tertiary/aromatic N) is 1. The van der Waals surface area contributed by atoms with Crippen LogP contribution in [0.15, 0.2) is 0 Å². The zero-order chi connectivity index (χ0) is 10.5. The third-order valence-corrected chi connectivity index (χ3v) is 2.97. The first kappa shape index (κ1) is 11.9. The topological polar surface area (TPSA) is 84.2 Å². The molecule has 0 aromatic rings. The van der Waals surface area contributed by atoms with E-state index < -0.39 is 27.5 Å². The maximum atomic E-state index is 11.0. The number of rotatable bonds is 4. The number of sulfone groups is 1. The van der Waals surface area contributed by atoms with Crippen LogP contribution in [0.25, 0.3) is 0 Å². The fourth-order valence-electron chi connectivity index (χ4n) is 0.807. The molecule has 0 fully saturated rings. The van der Waals surface area contributed by atoms with Gasteiger partial charge in [0, 0.05) is 0 Å². The number of hydrogen-bond acceptors (Lipinski definition) is 5. The first-order valence-corrected chi connectivity index (χ1v) is 5.40. The zero-order valence-corrected chi connectivity index (χ0v) is 8.30. The van der Waals surface area contributed by atoms with Gasteiger partial charge in [-0.3, -0.25) is 4.79 Å². The second kappa shape index (κ2) is 4.82. The molecule has 0 rings (SSSR count). The van der Waals surface area contributed by atoms with Gasteiger partial charge in [-0.1, -0.05) is 6.92 Å². The van der Waals surface area contributed by atoms with Gasteiger partial charge in [-0.15, -0.1) is 0 Å². The molecule has 0 aliphatic heterocycles. The average molecular weight is 205 g/mol. The standard InChI is InChI=1S/C7H11NO4S/c1-6(7(9)12-2)5-13(10,11)4-3-8/h6H,4-5H2,1-2H3. The van der Waals surface area contributed by atoms with Crippen molar-refractivity contribution in [2.75, 3.05) is 18.6 Å². The predicted octanol–water partition coefficient (Wildman–Crippen LogP) is -0.266. The molecule has 13 heavy (non-hydrogen) atoms. The molecule has 0 radical (unpaired) electrons. The highest BCUT2D eigenvalue weighted by atomic mass is 32.2. The summed E-state index contributed by atoms with van der Waals surface area (Å²) in [5.74, 6) is -2.20. The molecule has 0 amide bonds. The Morgan fingerprint density at radius 3 is 2.54 bits per heavy atom. The van der Waals surface area contributed by atoms with Crippen molar-refractivity contribution in [3.63, 3.8) is 0 Å². The van der Waals surface area contributed by atoms with Crippen molar-refractivity contribution in [1.29, 1.82) is 5.26 Å². The van der Waals surface area contributed by atoms with Crippen molar-refractivity contribution in [2.24, 2.45) is 5.92 Å². The van der Waals surface area contributed by atoms with Crippen LogP contribution in [0, 0.1) is 17.2 Å². The van der Waals surface area contributed by atoms with E-state index >= 15 is 0 Å². The number of carbonyl (C=O) groups excluding carboxylic acids is 1. The fourth-order valence-corrected chi connectivity index (χ4v) is 2.02. The number of methoxy groups -OCH3 is 1. The summed E-state index contributed by atoms with van der Waals surface area (Å²) in [5.41, 5.74) is 0. The Kier molecular flexibility index (Phi) is 4.42. The molecule has 0 aliphatic rings. The first-order valence-electron chi connectivity index (χ1n) is 3.58. The van der Waals surface area contributed by atoms with Gasteiger partial charge in [-0.25, -0.2) is 8.42 Å². The summed E-state index contributed by atoms with van der Waals surface area (Å²) >= 11 is 0. The van der Waals surface area contributed by atoms with Crippen LogP contribution in [-0.4, -0.2) is 33.0 Å². The highest BCUT2D eigenvalue weighted by Crippen LogP contribution is 2.03. The summed E-state index contributed by atoms with van der Waals surface area (Å²) in [6.45, 7) is 1.45. The summed E-state index contributed by atoms with van der Waals surface area (Å²) < 4.78 is 26.4. The minimum atomic E-state index is -3.45. The lowest BCUT2D eigenvalue weighted by molar-refractivity contribution is -0.144. The van der Waals surface area contributed by atoms with E-state index in [1.807, 2.05) is 0 Å². The molecule has 0 aromatic heterocycles. The van der Waals surface area contributed by atoms with Crippen molar-refractivity contribution in [3.05, 3.63) is 0 Å². The van der Waals surface area contributed by atoms with Crippen molar-refractivity contribution in [2.45, 2.75) is 6.92 Å². The number of hydrogen-bond donors (Lipinski definition) is 0. The summed E-state index contributed by atoms with van der Waals surface area (Å²) in [7, 11) is -2.26. The number of carbonyl (C=O) groups is 1. The van der Waals surface area contributed by atoms with Crippen LogP contribution in [0.2, 0.25) is 0 Å². The van der Waals surface area contributed by atoms with Crippen LogP contribution in [0.1, 0.15) is 6.92 Å². The van der Waals surface area contributed by atoms with Gasteiger partial charge in [-0.2, -0.15) is 5.26 Å². The van der Waals surface area contributed by atoms with Crippen molar-refractivity contribution >= 4 is 15.8 Å². The molecule has 5 nitrogen and oxygen atoms in total. The van der Waals surface area contributed by atoms with Crippen molar-refractivity contribution < 1.29 is 17.9 Å². The monoisotopic (exact) mass is 205 g/mol. The number of esters is 1. The minimum Gasteiger partial charge on any atom is -0.469 e. The molecule has 0 saturated carbocycles. The molecule has 0 aromatic carbocycles. The lowest BCUT2D eigenvalue weighted by atomic mass is 10.2. The Hall–Kier alpha value is -1.09. The summed E-state index contributed by atoms with van der Waals surface area (Å²) in [5, 5.41) is 8.17. The Morgan fingerprint density at radius 1 is 1.62 bits per heavy atom. The predicted molar refractivity (Wildman–Crippen MR) is 45.4 cm³/mol. The Balaban J connectivity index is 4.30. The van der Waals surface area contributed by atoms with E-state index in [4.69, 9.17) is 5.26 Å². The molecule has 6 heteroatoms. The van der Waals surface area contributed by atoms with E-state index in [0.29, 0.717) is 0 Å². The lowest BCUT2D eigenvalue weighted by Crippen LogP contribution is -2.23. The van der Waals surface area contributed by atoms with Gasteiger partial charge in [-0.05, 0) is 0 Å². The number of nitriles is 1. The Labute approximate surface area is 77.2 Å². The molecule has 74 valence electrons.